The lowest BCUT2D eigenvalue weighted by atomic mass is 9.92. The van der Waals surface area contributed by atoms with E-state index in [1.54, 1.807) is 36.5 Å². The Balaban J connectivity index is 2.10. The van der Waals surface area contributed by atoms with Gasteiger partial charge in [-0.05, 0) is 54.7 Å². The summed E-state index contributed by atoms with van der Waals surface area (Å²) in [5.74, 6) is 5.97. The maximum absolute atomic E-state index is 11.2. The number of pyridine rings is 1. The molecule has 0 fully saturated rings. The molecule has 0 radical (unpaired) electrons. The van der Waals surface area contributed by atoms with Gasteiger partial charge in [-0.3, -0.25) is 4.99 Å². The van der Waals surface area contributed by atoms with Crippen LogP contribution in [0.4, 0.5) is 5.82 Å². The van der Waals surface area contributed by atoms with E-state index in [1.807, 2.05) is 12.3 Å². The second kappa shape index (κ2) is 9.03. The van der Waals surface area contributed by atoms with Gasteiger partial charge in [0.2, 0.25) is 0 Å². The number of nitrogens with zero attached hydrogens (tertiary/aromatic N) is 2. The van der Waals surface area contributed by atoms with Gasteiger partial charge >= 0.3 is 5.97 Å². The first kappa shape index (κ1) is 20.1. The van der Waals surface area contributed by atoms with Crippen LogP contribution in [0.25, 0.3) is 0 Å². The molecule has 1 aromatic carbocycles. The third kappa shape index (κ3) is 4.80. The van der Waals surface area contributed by atoms with Crippen LogP contribution in [0.2, 0.25) is 0 Å². The Labute approximate surface area is 170 Å². The van der Waals surface area contributed by atoms with Crippen LogP contribution in [0.5, 0.6) is 0 Å². The van der Waals surface area contributed by atoms with Gasteiger partial charge in [0.25, 0.3) is 0 Å². The zero-order chi connectivity index (χ0) is 20.8. The Hall–Kier alpha value is -3.65. The first-order chi connectivity index (χ1) is 14.0. The molecule has 0 aliphatic carbocycles. The lowest BCUT2D eigenvalue weighted by molar-refractivity contribution is 0.0697. The van der Waals surface area contributed by atoms with E-state index in [4.69, 9.17) is 10.7 Å². The van der Waals surface area contributed by atoms with Crippen LogP contribution < -0.4 is 5.73 Å². The summed E-state index contributed by atoms with van der Waals surface area (Å²) in [6, 6.07) is 10.3. The van der Waals surface area contributed by atoms with E-state index in [0.29, 0.717) is 5.82 Å². The van der Waals surface area contributed by atoms with E-state index in [9.17, 15) is 9.90 Å². The molecular weight excluding hydrogens is 362 g/mol. The summed E-state index contributed by atoms with van der Waals surface area (Å²) in [5.41, 5.74) is 11.6. The van der Waals surface area contributed by atoms with Crippen LogP contribution in [-0.4, -0.2) is 21.8 Å². The highest BCUT2D eigenvalue weighted by Gasteiger charge is 2.17. The predicted octanol–water partition coefficient (Wildman–Crippen LogP) is 4.61. The lowest BCUT2D eigenvalue weighted by Gasteiger charge is -2.11. The van der Waals surface area contributed by atoms with E-state index in [0.717, 1.165) is 41.7 Å². The molecule has 29 heavy (non-hydrogen) atoms. The number of rotatable bonds is 4. The molecule has 3 N–H and O–H groups in total. The van der Waals surface area contributed by atoms with E-state index in [-0.39, 0.29) is 5.56 Å². The number of anilines is 1. The number of aliphatic imine (C=N–C) groups is 1. The van der Waals surface area contributed by atoms with Crippen molar-refractivity contribution in [3.05, 3.63) is 82.2 Å². The fraction of sp³-hybridized carbons (Fsp3) is 0.208. The minimum Gasteiger partial charge on any atom is -0.478 e. The maximum Gasteiger partial charge on any atom is 0.335 e. The minimum atomic E-state index is -0.951. The van der Waals surface area contributed by atoms with Crippen molar-refractivity contribution < 1.29 is 9.90 Å². The molecule has 0 saturated heterocycles. The van der Waals surface area contributed by atoms with Crippen LogP contribution in [-0.2, 0) is 0 Å². The Morgan fingerprint density at radius 1 is 1.10 bits per heavy atom. The zero-order valence-electron chi connectivity index (χ0n) is 16.6. The highest BCUT2D eigenvalue weighted by Crippen LogP contribution is 2.27. The van der Waals surface area contributed by atoms with E-state index < -0.39 is 5.97 Å². The molecule has 146 valence electrons. The standard InChI is InChI=1S/C24H23N3O2/c1-3-16-13-18(4-2)21(11-5-17-6-12-22(25)26-15-17)23(27-14-16)19-7-9-20(10-8-19)24(28)29/h6-10,12,14-15H,3-4,13H2,1-2H3,(H2,25,26)(H,28,29). The summed E-state index contributed by atoms with van der Waals surface area (Å²) in [6.45, 7) is 4.23. The maximum atomic E-state index is 11.2. The molecule has 0 unspecified atom stereocenters. The Kier molecular flexibility index (Phi) is 6.25. The topological polar surface area (TPSA) is 88.6 Å². The molecule has 5 nitrogen and oxygen atoms in total. The Morgan fingerprint density at radius 2 is 1.86 bits per heavy atom. The van der Waals surface area contributed by atoms with Crippen LogP contribution in [0, 0.1) is 11.8 Å². The average Bonchev–Trinajstić information content (AvgIpc) is 2.92. The Morgan fingerprint density at radius 3 is 2.45 bits per heavy atom. The normalized spacial score (nSPS) is 13.7. The average molecular weight is 385 g/mol. The molecular formula is C24H23N3O2. The van der Waals surface area contributed by atoms with Crippen molar-refractivity contribution in [2.45, 2.75) is 33.1 Å². The largest absolute Gasteiger partial charge is 0.478 e. The molecule has 0 spiro atoms. The van der Waals surface area contributed by atoms with Gasteiger partial charge in [-0.1, -0.05) is 37.8 Å². The van der Waals surface area contributed by atoms with Crippen molar-refractivity contribution in [2.75, 3.05) is 5.73 Å². The number of carboxylic acid groups (broad SMARTS) is 1. The molecule has 2 heterocycles. The molecule has 1 aliphatic heterocycles. The molecule has 0 bridgehead atoms. The minimum absolute atomic E-state index is 0.244. The van der Waals surface area contributed by atoms with Gasteiger partial charge in [-0.15, -0.1) is 0 Å². The number of nitrogens with two attached hydrogens (primary N) is 1. The van der Waals surface area contributed by atoms with Crippen molar-refractivity contribution in [3.8, 4) is 11.8 Å². The molecule has 5 heteroatoms. The summed E-state index contributed by atoms with van der Waals surface area (Å²) in [7, 11) is 0. The molecule has 2 aromatic rings. The predicted molar refractivity (Wildman–Crippen MR) is 116 cm³/mol. The van der Waals surface area contributed by atoms with Crippen molar-refractivity contribution in [3.63, 3.8) is 0 Å². The van der Waals surface area contributed by atoms with Crippen LogP contribution in [0.1, 0.15) is 54.6 Å². The fourth-order valence-electron chi connectivity index (χ4n) is 3.07. The van der Waals surface area contributed by atoms with Crippen molar-refractivity contribution in [2.24, 2.45) is 4.99 Å². The first-order valence-electron chi connectivity index (χ1n) is 9.57. The summed E-state index contributed by atoms with van der Waals surface area (Å²) in [4.78, 5) is 20.0. The molecule has 0 saturated carbocycles. The van der Waals surface area contributed by atoms with Crippen LogP contribution in [0.15, 0.2) is 70.5 Å². The molecule has 1 aromatic heterocycles. The number of benzene rings is 1. The van der Waals surface area contributed by atoms with Gasteiger partial charge in [0.1, 0.15) is 5.82 Å². The van der Waals surface area contributed by atoms with Crippen molar-refractivity contribution >= 4 is 17.5 Å². The van der Waals surface area contributed by atoms with Gasteiger partial charge < -0.3 is 10.8 Å². The summed E-state index contributed by atoms with van der Waals surface area (Å²) >= 11 is 0. The summed E-state index contributed by atoms with van der Waals surface area (Å²) < 4.78 is 0. The number of aromatic nitrogens is 1. The van der Waals surface area contributed by atoms with E-state index >= 15 is 0 Å². The van der Waals surface area contributed by atoms with Crippen LogP contribution in [0.3, 0.4) is 0 Å². The van der Waals surface area contributed by atoms with Crippen LogP contribution >= 0.6 is 0 Å². The fourth-order valence-corrected chi connectivity index (χ4v) is 3.07. The second-order valence-corrected chi connectivity index (χ2v) is 6.73. The number of carbonyl (C=O) groups is 1. The lowest BCUT2D eigenvalue weighted by Crippen LogP contribution is -2.07. The second-order valence-electron chi connectivity index (χ2n) is 6.73. The van der Waals surface area contributed by atoms with E-state index in [2.05, 4.69) is 30.7 Å². The number of allylic oxidation sites excluding steroid dienone is 3. The summed E-state index contributed by atoms with van der Waals surface area (Å²) in [5, 5.41) is 9.17. The van der Waals surface area contributed by atoms with Crippen molar-refractivity contribution in [1.29, 1.82) is 0 Å². The van der Waals surface area contributed by atoms with Gasteiger partial charge in [0, 0.05) is 23.5 Å². The number of hydrogen-bond donors (Lipinski definition) is 2. The van der Waals surface area contributed by atoms with E-state index in [1.165, 1.54) is 11.1 Å². The monoisotopic (exact) mass is 385 g/mol. The SMILES string of the molecule is CCC1=CN=C(c2ccc(C(=O)O)cc2)C(C#Cc2ccc(N)nc2)=C(CC)C1. The number of nitrogen functional groups attached to an aromatic ring is 1. The van der Waals surface area contributed by atoms with Crippen molar-refractivity contribution in [1.82, 2.24) is 4.98 Å². The third-order valence-electron chi connectivity index (χ3n) is 4.81. The molecule has 3 rings (SSSR count). The number of hydrogen-bond acceptors (Lipinski definition) is 4. The third-order valence-corrected chi connectivity index (χ3v) is 4.81. The van der Waals surface area contributed by atoms with Gasteiger partial charge in [0.15, 0.2) is 0 Å². The molecule has 1 aliphatic rings. The Bertz CT molecular complexity index is 1060. The quantitative estimate of drug-likeness (QED) is 0.753. The zero-order valence-corrected chi connectivity index (χ0v) is 16.6. The molecule has 0 amide bonds. The van der Waals surface area contributed by atoms with Gasteiger partial charge in [-0.25, -0.2) is 9.78 Å². The highest BCUT2D eigenvalue weighted by atomic mass is 16.4. The molecule has 0 atom stereocenters. The number of carboxylic acids is 1. The number of aromatic carboxylic acids is 1. The first-order valence-corrected chi connectivity index (χ1v) is 9.57. The van der Waals surface area contributed by atoms with Gasteiger partial charge in [0.05, 0.1) is 16.8 Å². The smallest absolute Gasteiger partial charge is 0.335 e. The van der Waals surface area contributed by atoms with Gasteiger partial charge in [-0.2, -0.15) is 0 Å². The highest BCUT2D eigenvalue weighted by molar-refractivity contribution is 6.16. The summed E-state index contributed by atoms with van der Waals surface area (Å²) in [6.07, 6.45) is 6.17.